The number of esters is 1. The average molecular weight is 460 g/mol. The molecule has 0 saturated carbocycles. The van der Waals surface area contributed by atoms with Crippen molar-refractivity contribution in [2.75, 3.05) is 13.4 Å². The summed E-state index contributed by atoms with van der Waals surface area (Å²) in [6.45, 7) is 5.86. The Kier molecular flexibility index (Phi) is 6.77. The molecule has 0 unspecified atom stereocenters. The molecule has 0 atom stereocenters. The second-order valence-corrected chi connectivity index (χ2v) is 7.77. The first-order valence-corrected chi connectivity index (χ1v) is 10.6. The molecule has 0 saturated heterocycles. The first-order valence-electron chi connectivity index (χ1n) is 10.6. The molecule has 1 amide bonds. The molecule has 0 aromatic heterocycles. The second kappa shape index (κ2) is 10.1. The third-order valence-electron chi connectivity index (χ3n) is 5.30. The van der Waals surface area contributed by atoms with Crippen LogP contribution in [-0.2, 0) is 4.79 Å². The Morgan fingerprint density at radius 1 is 1.00 bits per heavy atom. The van der Waals surface area contributed by atoms with E-state index in [9.17, 15) is 9.59 Å². The Bertz CT molecular complexity index is 1270. The molecule has 0 spiro atoms. The number of hydrogen-bond donors (Lipinski definition) is 1. The highest BCUT2D eigenvalue weighted by atomic mass is 16.7. The number of ether oxygens (including phenoxy) is 4. The summed E-state index contributed by atoms with van der Waals surface area (Å²) in [4.78, 5) is 24.6. The van der Waals surface area contributed by atoms with Gasteiger partial charge in [-0.15, -0.1) is 0 Å². The molecule has 3 aromatic carbocycles. The number of carbonyl (C=O) groups excluding carboxylic acids is 2. The number of hydrazone groups is 1. The topological polar surface area (TPSA) is 95.5 Å². The van der Waals surface area contributed by atoms with Crippen LogP contribution in [0.4, 0.5) is 0 Å². The Morgan fingerprint density at radius 3 is 2.65 bits per heavy atom. The van der Waals surface area contributed by atoms with E-state index in [2.05, 4.69) is 10.5 Å². The summed E-state index contributed by atoms with van der Waals surface area (Å²) < 4.78 is 21.7. The highest BCUT2D eigenvalue weighted by Crippen LogP contribution is 2.32. The molecule has 8 heteroatoms. The number of benzene rings is 3. The monoisotopic (exact) mass is 460 g/mol. The van der Waals surface area contributed by atoms with Gasteiger partial charge in [0.15, 0.2) is 18.1 Å². The largest absolute Gasteiger partial charge is 0.483 e. The predicted molar refractivity (Wildman–Crippen MR) is 126 cm³/mol. The molecule has 174 valence electrons. The van der Waals surface area contributed by atoms with Gasteiger partial charge in [-0.1, -0.05) is 24.3 Å². The van der Waals surface area contributed by atoms with Gasteiger partial charge in [-0.25, -0.2) is 10.2 Å². The van der Waals surface area contributed by atoms with Gasteiger partial charge in [-0.3, -0.25) is 4.79 Å². The van der Waals surface area contributed by atoms with Crippen molar-refractivity contribution < 1.29 is 28.5 Å². The number of hydrogen-bond acceptors (Lipinski definition) is 7. The quantitative estimate of drug-likeness (QED) is 0.247. The normalized spacial score (nSPS) is 12.0. The minimum atomic E-state index is -0.528. The molecule has 4 rings (SSSR count). The smallest absolute Gasteiger partial charge is 0.343 e. The van der Waals surface area contributed by atoms with E-state index >= 15 is 0 Å². The minimum absolute atomic E-state index is 0.128. The van der Waals surface area contributed by atoms with Crippen LogP contribution in [0.5, 0.6) is 23.0 Å². The van der Waals surface area contributed by atoms with Gasteiger partial charge in [0.25, 0.3) is 5.91 Å². The predicted octanol–water partition coefficient (Wildman–Crippen LogP) is 4.09. The summed E-state index contributed by atoms with van der Waals surface area (Å²) in [6, 6.07) is 15.6. The van der Waals surface area contributed by atoms with E-state index in [1.54, 1.807) is 42.5 Å². The minimum Gasteiger partial charge on any atom is -0.483 e. The summed E-state index contributed by atoms with van der Waals surface area (Å²) in [5.74, 6) is 1.22. The molecule has 0 radical (unpaired) electrons. The van der Waals surface area contributed by atoms with Crippen LogP contribution in [0.15, 0.2) is 59.7 Å². The number of carbonyl (C=O) groups is 2. The van der Waals surface area contributed by atoms with Crippen LogP contribution in [-0.4, -0.2) is 31.5 Å². The molecule has 0 aliphatic carbocycles. The van der Waals surface area contributed by atoms with E-state index in [0.717, 1.165) is 16.7 Å². The maximum atomic E-state index is 12.5. The van der Waals surface area contributed by atoms with Gasteiger partial charge >= 0.3 is 5.97 Å². The Labute approximate surface area is 197 Å². The van der Waals surface area contributed by atoms with Crippen LogP contribution >= 0.6 is 0 Å². The molecule has 0 fully saturated rings. The van der Waals surface area contributed by atoms with E-state index < -0.39 is 5.97 Å². The Morgan fingerprint density at radius 2 is 1.79 bits per heavy atom. The molecule has 3 aromatic rings. The molecule has 1 aliphatic rings. The van der Waals surface area contributed by atoms with Gasteiger partial charge in [0.1, 0.15) is 11.5 Å². The SMILES string of the molecule is Cc1ccc(C)c(OCC(=O)NN=Cc2cccc(OC(=O)c3ccc4c(c3)OCO4)c2)c1C. The van der Waals surface area contributed by atoms with Crippen molar-refractivity contribution in [2.24, 2.45) is 5.10 Å². The summed E-state index contributed by atoms with van der Waals surface area (Å²) in [5.41, 5.74) is 6.48. The van der Waals surface area contributed by atoms with E-state index in [4.69, 9.17) is 18.9 Å². The maximum absolute atomic E-state index is 12.5. The summed E-state index contributed by atoms with van der Waals surface area (Å²) in [5, 5.41) is 3.96. The lowest BCUT2D eigenvalue weighted by Gasteiger charge is -2.13. The van der Waals surface area contributed by atoms with Crippen molar-refractivity contribution in [3.05, 3.63) is 82.4 Å². The van der Waals surface area contributed by atoms with Gasteiger partial charge in [-0.05, 0) is 73.4 Å². The number of nitrogens with zero attached hydrogens (tertiary/aromatic N) is 1. The van der Waals surface area contributed by atoms with Crippen LogP contribution in [0.3, 0.4) is 0 Å². The van der Waals surface area contributed by atoms with Gasteiger partial charge in [0, 0.05) is 0 Å². The zero-order valence-corrected chi connectivity index (χ0v) is 19.1. The zero-order valence-electron chi connectivity index (χ0n) is 19.1. The van der Waals surface area contributed by atoms with Crippen molar-refractivity contribution in [3.8, 4) is 23.0 Å². The van der Waals surface area contributed by atoms with Crippen LogP contribution in [0.2, 0.25) is 0 Å². The molecule has 34 heavy (non-hydrogen) atoms. The van der Waals surface area contributed by atoms with Crippen molar-refractivity contribution in [3.63, 3.8) is 0 Å². The van der Waals surface area contributed by atoms with E-state index in [-0.39, 0.29) is 19.3 Å². The molecular weight excluding hydrogens is 436 g/mol. The third kappa shape index (κ3) is 5.35. The number of aryl methyl sites for hydroxylation is 2. The molecule has 8 nitrogen and oxygen atoms in total. The Hall–Kier alpha value is -4.33. The van der Waals surface area contributed by atoms with E-state index in [1.807, 2.05) is 32.9 Å². The molecule has 0 bridgehead atoms. The van der Waals surface area contributed by atoms with Gasteiger partial charge in [0.05, 0.1) is 11.8 Å². The number of nitrogens with one attached hydrogen (secondary N) is 1. The van der Waals surface area contributed by atoms with Crippen LogP contribution in [0.1, 0.15) is 32.6 Å². The lowest BCUT2D eigenvalue weighted by Crippen LogP contribution is -2.25. The molecular formula is C26H24N2O6. The third-order valence-corrected chi connectivity index (χ3v) is 5.30. The first kappa shape index (κ1) is 22.8. The van der Waals surface area contributed by atoms with Crippen LogP contribution in [0.25, 0.3) is 0 Å². The lowest BCUT2D eigenvalue weighted by atomic mass is 10.1. The number of rotatable bonds is 7. The number of fused-ring (bicyclic) bond motifs is 1. The summed E-state index contributed by atoms with van der Waals surface area (Å²) >= 11 is 0. The van der Waals surface area contributed by atoms with Gasteiger partial charge in [0.2, 0.25) is 6.79 Å². The second-order valence-electron chi connectivity index (χ2n) is 7.77. The van der Waals surface area contributed by atoms with Crippen LogP contribution < -0.4 is 24.4 Å². The first-order chi connectivity index (χ1) is 16.4. The maximum Gasteiger partial charge on any atom is 0.343 e. The summed E-state index contributed by atoms with van der Waals surface area (Å²) in [6.07, 6.45) is 1.46. The average Bonchev–Trinajstić information content (AvgIpc) is 3.30. The lowest BCUT2D eigenvalue weighted by molar-refractivity contribution is -0.123. The standard InChI is InChI=1S/C26H24N2O6/c1-16-7-8-17(2)25(18(16)3)31-14-24(29)28-27-13-19-5-4-6-21(11-19)34-26(30)20-9-10-22-23(12-20)33-15-32-22/h4-13H,14-15H2,1-3H3,(H,28,29). The molecule has 1 heterocycles. The zero-order chi connectivity index (χ0) is 24.1. The molecule has 1 N–H and O–H groups in total. The van der Waals surface area contributed by atoms with E-state index in [0.29, 0.717) is 34.1 Å². The van der Waals surface area contributed by atoms with Crippen molar-refractivity contribution >= 4 is 18.1 Å². The van der Waals surface area contributed by atoms with Gasteiger partial charge < -0.3 is 18.9 Å². The van der Waals surface area contributed by atoms with Crippen molar-refractivity contribution in [1.82, 2.24) is 5.43 Å². The number of amides is 1. The van der Waals surface area contributed by atoms with E-state index in [1.165, 1.54) is 6.21 Å². The highest BCUT2D eigenvalue weighted by Gasteiger charge is 2.17. The van der Waals surface area contributed by atoms with Crippen molar-refractivity contribution in [2.45, 2.75) is 20.8 Å². The fourth-order valence-electron chi connectivity index (χ4n) is 3.34. The Balaban J connectivity index is 1.31. The van der Waals surface area contributed by atoms with Crippen LogP contribution in [0, 0.1) is 20.8 Å². The molecule has 1 aliphatic heterocycles. The summed E-state index contributed by atoms with van der Waals surface area (Å²) in [7, 11) is 0. The highest BCUT2D eigenvalue weighted by molar-refractivity contribution is 5.92. The fraction of sp³-hybridized carbons (Fsp3) is 0.192. The van der Waals surface area contributed by atoms with Crippen molar-refractivity contribution in [1.29, 1.82) is 0 Å². The van der Waals surface area contributed by atoms with Gasteiger partial charge in [-0.2, -0.15) is 5.10 Å². The fourth-order valence-corrected chi connectivity index (χ4v) is 3.34.